The summed E-state index contributed by atoms with van der Waals surface area (Å²) in [5, 5.41) is 2.39. The van der Waals surface area contributed by atoms with E-state index in [0.717, 1.165) is 12.3 Å². The Morgan fingerprint density at radius 3 is 2.68 bits per heavy atom. The van der Waals surface area contributed by atoms with Crippen LogP contribution in [0.15, 0.2) is 36.7 Å². The molecule has 0 bridgehead atoms. The van der Waals surface area contributed by atoms with Gasteiger partial charge in [0.05, 0.1) is 18.9 Å². The van der Waals surface area contributed by atoms with Crippen LogP contribution in [0, 0.1) is 11.6 Å². The molecule has 1 aromatic heterocycles. The van der Waals surface area contributed by atoms with Gasteiger partial charge >= 0.3 is 0 Å². The van der Waals surface area contributed by atoms with Crippen molar-refractivity contribution in [1.82, 2.24) is 4.98 Å². The highest BCUT2D eigenvalue weighted by Crippen LogP contribution is 2.21. The predicted octanol–water partition coefficient (Wildman–Crippen LogP) is 2.62. The summed E-state index contributed by atoms with van der Waals surface area (Å²) in [6, 6.07) is 5.16. The lowest BCUT2D eigenvalue weighted by molar-refractivity contribution is 0.102. The van der Waals surface area contributed by atoms with E-state index in [1.165, 1.54) is 31.5 Å². The lowest BCUT2D eigenvalue weighted by Crippen LogP contribution is -2.14. The fourth-order valence-corrected chi connectivity index (χ4v) is 1.50. The molecule has 1 amide bonds. The van der Waals surface area contributed by atoms with E-state index in [9.17, 15) is 13.6 Å². The molecule has 0 unspecified atom stereocenters. The van der Waals surface area contributed by atoms with Crippen LogP contribution < -0.4 is 10.1 Å². The Labute approximate surface area is 108 Å². The van der Waals surface area contributed by atoms with Gasteiger partial charge in [0.25, 0.3) is 5.91 Å². The minimum atomic E-state index is -0.742. The van der Waals surface area contributed by atoms with Gasteiger partial charge in [-0.3, -0.25) is 9.78 Å². The number of nitrogens with zero attached hydrogens (tertiary/aromatic N) is 1. The molecule has 4 nitrogen and oxygen atoms in total. The minimum Gasteiger partial charge on any atom is -0.494 e. The molecule has 0 saturated carbocycles. The first-order chi connectivity index (χ1) is 9.11. The van der Waals surface area contributed by atoms with Crippen molar-refractivity contribution in [3.05, 3.63) is 53.9 Å². The second-order valence-electron chi connectivity index (χ2n) is 3.66. The molecule has 1 N–H and O–H groups in total. The predicted molar refractivity (Wildman–Crippen MR) is 65.1 cm³/mol. The summed E-state index contributed by atoms with van der Waals surface area (Å²) in [4.78, 5) is 15.3. The van der Waals surface area contributed by atoms with Gasteiger partial charge in [0.2, 0.25) is 0 Å². The van der Waals surface area contributed by atoms with Crippen molar-refractivity contribution in [2.75, 3.05) is 12.4 Å². The van der Waals surface area contributed by atoms with Crippen LogP contribution in [0.2, 0.25) is 0 Å². The van der Waals surface area contributed by atoms with E-state index in [1.807, 2.05) is 0 Å². The lowest BCUT2D eigenvalue weighted by Gasteiger charge is -2.07. The first-order valence-electron chi connectivity index (χ1n) is 5.36. The average molecular weight is 264 g/mol. The fourth-order valence-electron chi connectivity index (χ4n) is 1.50. The van der Waals surface area contributed by atoms with Crippen molar-refractivity contribution in [2.24, 2.45) is 0 Å². The van der Waals surface area contributed by atoms with E-state index in [0.29, 0.717) is 0 Å². The number of hydrogen-bond acceptors (Lipinski definition) is 3. The molecule has 0 fully saturated rings. The van der Waals surface area contributed by atoms with E-state index < -0.39 is 17.5 Å². The molecular weight excluding hydrogens is 254 g/mol. The molecule has 1 aromatic carbocycles. The van der Waals surface area contributed by atoms with Gasteiger partial charge in [0, 0.05) is 18.0 Å². The summed E-state index contributed by atoms with van der Waals surface area (Å²) in [5.41, 5.74) is 0.0470. The third-order valence-electron chi connectivity index (χ3n) is 2.43. The van der Waals surface area contributed by atoms with Gasteiger partial charge in [-0.05, 0) is 18.2 Å². The molecular formula is C13H10F2N2O2. The van der Waals surface area contributed by atoms with Crippen LogP contribution in [-0.2, 0) is 0 Å². The Morgan fingerprint density at radius 2 is 2.05 bits per heavy atom. The van der Waals surface area contributed by atoms with Crippen LogP contribution in [0.5, 0.6) is 5.75 Å². The van der Waals surface area contributed by atoms with E-state index in [4.69, 9.17) is 4.74 Å². The Bertz CT molecular complexity index is 617. The van der Waals surface area contributed by atoms with Crippen molar-refractivity contribution in [3.8, 4) is 5.75 Å². The maximum atomic E-state index is 13.4. The number of amides is 1. The van der Waals surface area contributed by atoms with Crippen molar-refractivity contribution in [3.63, 3.8) is 0 Å². The smallest absolute Gasteiger partial charge is 0.258 e. The first kappa shape index (κ1) is 12.9. The number of hydrogen-bond donors (Lipinski definition) is 1. The van der Waals surface area contributed by atoms with Crippen LogP contribution in [0.1, 0.15) is 10.4 Å². The van der Waals surface area contributed by atoms with Crippen LogP contribution in [0.25, 0.3) is 0 Å². The summed E-state index contributed by atoms with van der Waals surface area (Å²) in [7, 11) is 1.34. The van der Waals surface area contributed by atoms with E-state index in [-0.39, 0.29) is 17.0 Å². The van der Waals surface area contributed by atoms with Crippen LogP contribution in [-0.4, -0.2) is 18.0 Å². The van der Waals surface area contributed by atoms with Crippen LogP contribution in [0.4, 0.5) is 14.5 Å². The maximum absolute atomic E-state index is 13.4. The minimum absolute atomic E-state index is 0.0630. The Balaban J connectivity index is 2.20. The van der Waals surface area contributed by atoms with E-state index in [1.54, 1.807) is 0 Å². The standard InChI is InChI=1S/C13H10F2N2O2/c1-19-12-3-2-8(6-10(12)14)17-13(18)9-4-5-16-7-11(9)15/h2-7H,1H3,(H,17,18). The number of nitrogens with one attached hydrogen (secondary N) is 1. The van der Waals surface area contributed by atoms with Crippen LogP contribution >= 0.6 is 0 Å². The van der Waals surface area contributed by atoms with Crippen molar-refractivity contribution in [1.29, 1.82) is 0 Å². The number of halogens is 2. The molecule has 19 heavy (non-hydrogen) atoms. The Morgan fingerprint density at radius 1 is 1.26 bits per heavy atom. The van der Waals surface area contributed by atoms with E-state index in [2.05, 4.69) is 10.3 Å². The SMILES string of the molecule is COc1ccc(NC(=O)c2ccncc2F)cc1F. The van der Waals surface area contributed by atoms with Gasteiger partial charge in [-0.25, -0.2) is 8.78 Å². The topological polar surface area (TPSA) is 51.2 Å². The average Bonchev–Trinajstić information content (AvgIpc) is 2.39. The molecule has 98 valence electrons. The van der Waals surface area contributed by atoms with Gasteiger partial charge in [-0.1, -0.05) is 0 Å². The molecule has 0 aliphatic heterocycles. The first-order valence-corrected chi connectivity index (χ1v) is 5.36. The van der Waals surface area contributed by atoms with Gasteiger partial charge in [-0.15, -0.1) is 0 Å². The van der Waals surface area contributed by atoms with Crippen molar-refractivity contribution in [2.45, 2.75) is 0 Å². The zero-order chi connectivity index (χ0) is 13.8. The number of methoxy groups -OCH3 is 1. The maximum Gasteiger partial charge on any atom is 0.258 e. The monoisotopic (exact) mass is 264 g/mol. The summed E-state index contributed by atoms with van der Waals surface area (Å²) < 4.78 is 31.5. The quantitative estimate of drug-likeness (QED) is 0.927. The highest BCUT2D eigenvalue weighted by atomic mass is 19.1. The molecule has 2 rings (SSSR count). The summed E-state index contributed by atoms with van der Waals surface area (Å²) in [6.07, 6.45) is 2.23. The molecule has 2 aromatic rings. The Kier molecular flexibility index (Phi) is 3.70. The summed E-state index contributed by atoms with van der Waals surface area (Å²) in [6.45, 7) is 0. The highest BCUT2D eigenvalue weighted by molar-refractivity contribution is 6.04. The fraction of sp³-hybridized carbons (Fsp3) is 0.0769. The van der Waals surface area contributed by atoms with Gasteiger partial charge in [-0.2, -0.15) is 0 Å². The third-order valence-corrected chi connectivity index (χ3v) is 2.43. The number of anilines is 1. The molecule has 1 heterocycles. The Hall–Kier alpha value is -2.50. The zero-order valence-corrected chi connectivity index (χ0v) is 9.98. The third kappa shape index (κ3) is 2.85. The largest absolute Gasteiger partial charge is 0.494 e. The second kappa shape index (κ2) is 5.43. The van der Waals surface area contributed by atoms with Gasteiger partial charge in [0.15, 0.2) is 17.4 Å². The van der Waals surface area contributed by atoms with Gasteiger partial charge in [0.1, 0.15) is 0 Å². The summed E-state index contributed by atoms with van der Waals surface area (Å²) in [5.74, 6) is -1.97. The number of pyridine rings is 1. The molecule has 0 radical (unpaired) electrons. The van der Waals surface area contributed by atoms with Gasteiger partial charge < -0.3 is 10.1 Å². The number of ether oxygens (including phenoxy) is 1. The molecule has 0 saturated heterocycles. The highest BCUT2D eigenvalue weighted by Gasteiger charge is 2.12. The number of benzene rings is 1. The number of aromatic nitrogens is 1. The molecule has 0 aliphatic rings. The number of carbonyl (C=O) groups is 1. The summed E-state index contributed by atoms with van der Waals surface area (Å²) >= 11 is 0. The van der Waals surface area contributed by atoms with Crippen molar-refractivity contribution < 1.29 is 18.3 Å². The molecule has 0 aliphatic carbocycles. The lowest BCUT2D eigenvalue weighted by atomic mass is 10.2. The second-order valence-corrected chi connectivity index (χ2v) is 3.66. The number of carbonyl (C=O) groups excluding carboxylic acids is 1. The molecule has 0 atom stereocenters. The zero-order valence-electron chi connectivity index (χ0n) is 9.98. The van der Waals surface area contributed by atoms with E-state index >= 15 is 0 Å². The molecule has 6 heteroatoms. The van der Waals surface area contributed by atoms with Crippen LogP contribution in [0.3, 0.4) is 0 Å². The van der Waals surface area contributed by atoms with Crippen molar-refractivity contribution >= 4 is 11.6 Å². The number of rotatable bonds is 3. The normalized spacial score (nSPS) is 10.1. The molecule has 0 spiro atoms.